The molecule has 2 aliphatic heterocycles. The van der Waals surface area contributed by atoms with Gasteiger partial charge >= 0.3 is 5.97 Å². The number of rotatable bonds is 11. The van der Waals surface area contributed by atoms with Gasteiger partial charge in [-0.05, 0) is 68.2 Å². The fourth-order valence-electron chi connectivity index (χ4n) is 7.73. The zero-order valence-electron chi connectivity index (χ0n) is 24.5. The smallest absolute Gasteiger partial charge is 0.321 e. The van der Waals surface area contributed by atoms with Crippen LogP contribution in [0.2, 0.25) is 0 Å². The van der Waals surface area contributed by atoms with Crippen molar-refractivity contribution in [3.05, 3.63) is 71.8 Å². The van der Waals surface area contributed by atoms with Crippen molar-refractivity contribution in [2.45, 2.75) is 69.4 Å². The molecule has 3 aliphatic rings. The van der Waals surface area contributed by atoms with Crippen LogP contribution < -0.4 is 0 Å². The predicted octanol–water partition coefficient (Wildman–Crippen LogP) is 4.70. The van der Waals surface area contributed by atoms with Gasteiger partial charge in [0.15, 0.2) is 0 Å². The number of nitrogens with zero attached hydrogens (tertiary/aromatic N) is 3. The molecule has 0 bridgehead atoms. The van der Waals surface area contributed by atoms with E-state index < -0.39 is 22.0 Å². The lowest BCUT2D eigenvalue weighted by atomic mass is 9.83. The zero-order chi connectivity index (χ0) is 28.8. The predicted molar refractivity (Wildman–Crippen MR) is 163 cm³/mol. The molecule has 2 saturated heterocycles. The van der Waals surface area contributed by atoms with Crippen molar-refractivity contribution in [2.24, 2.45) is 11.8 Å². The number of carboxylic acids is 1. The summed E-state index contributed by atoms with van der Waals surface area (Å²) in [5.41, 5.74) is 2.45. The van der Waals surface area contributed by atoms with Crippen molar-refractivity contribution in [2.75, 3.05) is 45.5 Å². The lowest BCUT2D eigenvalue weighted by Gasteiger charge is -2.39. The highest BCUT2D eigenvalue weighted by Crippen LogP contribution is 2.38. The van der Waals surface area contributed by atoms with Crippen LogP contribution in [0.4, 0.5) is 0 Å². The fraction of sp³-hybridized carbons (Fsp3) is 0.606. The number of carbonyl (C=O) groups is 1. The number of hydrogen-bond donors (Lipinski definition) is 1. The molecule has 0 aromatic heterocycles. The van der Waals surface area contributed by atoms with Crippen LogP contribution in [0.5, 0.6) is 0 Å². The van der Waals surface area contributed by atoms with Gasteiger partial charge in [0, 0.05) is 38.1 Å². The maximum atomic E-state index is 12.8. The molecule has 5 rings (SSSR count). The third-order valence-electron chi connectivity index (χ3n) is 9.79. The van der Waals surface area contributed by atoms with Gasteiger partial charge in [0.2, 0.25) is 10.0 Å². The summed E-state index contributed by atoms with van der Waals surface area (Å²) >= 11 is 0. The molecular weight excluding hydrogens is 534 g/mol. The second kappa shape index (κ2) is 13.8. The average Bonchev–Trinajstić information content (AvgIpc) is 3.37. The van der Waals surface area contributed by atoms with E-state index in [-0.39, 0.29) is 12.0 Å². The monoisotopic (exact) mass is 581 g/mol. The fourth-order valence-corrected chi connectivity index (χ4v) is 8.90. The second-order valence-electron chi connectivity index (χ2n) is 12.6. The Labute approximate surface area is 246 Å². The highest BCUT2D eigenvalue weighted by atomic mass is 32.2. The van der Waals surface area contributed by atoms with E-state index in [0.29, 0.717) is 18.4 Å². The lowest BCUT2D eigenvalue weighted by molar-refractivity contribution is -0.145. The molecule has 2 aromatic rings. The van der Waals surface area contributed by atoms with Gasteiger partial charge in [0.1, 0.15) is 6.04 Å². The Bertz CT molecular complexity index is 1210. The van der Waals surface area contributed by atoms with E-state index in [2.05, 4.69) is 46.2 Å². The van der Waals surface area contributed by atoms with Crippen LogP contribution in [-0.2, 0) is 21.2 Å². The van der Waals surface area contributed by atoms with Crippen LogP contribution in [0.3, 0.4) is 0 Å². The number of carboxylic acid groups (broad SMARTS) is 1. The molecule has 8 heteroatoms. The Morgan fingerprint density at radius 3 is 2.17 bits per heavy atom. The van der Waals surface area contributed by atoms with Crippen molar-refractivity contribution < 1.29 is 18.3 Å². The summed E-state index contributed by atoms with van der Waals surface area (Å²) in [6.07, 6.45) is 9.24. The molecule has 7 nitrogen and oxygen atoms in total. The third-order valence-corrected chi connectivity index (χ3v) is 11.1. The second-order valence-corrected chi connectivity index (χ2v) is 14.5. The molecule has 2 aromatic carbocycles. The van der Waals surface area contributed by atoms with Crippen molar-refractivity contribution in [1.82, 2.24) is 14.1 Å². The molecular formula is C33H47N3O4S. The molecule has 1 unspecified atom stereocenters. The number of hydrogen-bond acceptors (Lipinski definition) is 5. The first-order valence-electron chi connectivity index (χ1n) is 15.5. The summed E-state index contributed by atoms with van der Waals surface area (Å²) in [5, 5.41) is 10.3. The Kier molecular flexibility index (Phi) is 10.2. The van der Waals surface area contributed by atoms with Gasteiger partial charge in [0.05, 0.1) is 6.26 Å². The van der Waals surface area contributed by atoms with Crippen molar-refractivity contribution in [3.8, 4) is 0 Å². The quantitative estimate of drug-likeness (QED) is 0.414. The van der Waals surface area contributed by atoms with E-state index in [1.807, 2.05) is 24.3 Å². The lowest BCUT2D eigenvalue weighted by Crippen LogP contribution is -2.49. The van der Waals surface area contributed by atoms with E-state index in [9.17, 15) is 18.3 Å². The van der Waals surface area contributed by atoms with Gasteiger partial charge in [-0.1, -0.05) is 79.9 Å². The average molecular weight is 582 g/mol. The Morgan fingerprint density at radius 2 is 1.56 bits per heavy atom. The van der Waals surface area contributed by atoms with Crippen LogP contribution in [0, 0.1) is 11.8 Å². The summed E-state index contributed by atoms with van der Waals surface area (Å²) in [7, 11) is -3.30. The van der Waals surface area contributed by atoms with Gasteiger partial charge in [0.25, 0.3) is 0 Å². The van der Waals surface area contributed by atoms with Gasteiger partial charge in [-0.15, -0.1) is 0 Å². The van der Waals surface area contributed by atoms with Crippen LogP contribution in [-0.4, -0.2) is 91.2 Å². The standard InChI is InChI=1S/C33H47N3O4S/c1-41(39,40)36(22-17-26-11-5-2-6-12-26)30-18-20-34(21-19-30)23-29-24-35(25-31(29)27-13-7-3-8-14-27)32(33(37)38)28-15-9-4-10-16-28/h2-3,5-8,11-14,28-32H,4,9-10,15-25H2,1H3,(H,37,38)/t29-,31+,32?/m0/s1. The number of benzene rings is 2. The minimum absolute atomic E-state index is 0.0256. The van der Waals surface area contributed by atoms with E-state index in [1.165, 1.54) is 18.2 Å². The number of piperidine rings is 1. The highest BCUT2D eigenvalue weighted by molar-refractivity contribution is 7.88. The van der Waals surface area contributed by atoms with Gasteiger partial charge in [-0.25, -0.2) is 8.42 Å². The molecule has 0 radical (unpaired) electrons. The van der Waals surface area contributed by atoms with Gasteiger partial charge in [-0.3, -0.25) is 9.69 Å². The third kappa shape index (κ3) is 7.78. The Morgan fingerprint density at radius 1 is 0.927 bits per heavy atom. The van der Waals surface area contributed by atoms with Crippen molar-refractivity contribution in [3.63, 3.8) is 0 Å². The molecule has 3 atom stereocenters. The largest absolute Gasteiger partial charge is 0.480 e. The van der Waals surface area contributed by atoms with Gasteiger partial charge in [-0.2, -0.15) is 4.31 Å². The molecule has 224 valence electrons. The molecule has 41 heavy (non-hydrogen) atoms. The molecule has 1 saturated carbocycles. The molecule has 1 aliphatic carbocycles. The minimum Gasteiger partial charge on any atom is -0.480 e. The number of aliphatic carboxylic acids is 1. The Hall–Kier alpha value is -2.26. The molecule has 0 spiro atoms. The van der Waals surface area contributed by atoms with E-state index in [4.69, 9.17) is 0 Å². The van der Waals surface area contributed by atoms with Crippen LogP contribution in [0.25, 0.3) is 0 Å². The summed E-state index contributed by atoms with van der Waals surface area (Å²) in [6, 6.07) is 20.3. The first kappa shape index (κ1) is 30.2. The molecule has 2 heterocycles. The summed E-state index contributed by atoms with van der Waals surface area (Å²) in [5.74, 6) is 0.229. The molecule has 1 N–H and O–H groups in total. The summed E-state index contributed by atoms with van der Waals surface area (Å²) < 4.78 is 27.2. The first-order chi connectivity index (χ1) is 19.8. The first-order valence-corrected chi connectivity index (χ1v) is 17.4. The van der Waals surface area contributed by atoms with E-state index in [0.717, 1.165) is 83.2 Å². The zero-order valence-corrected chi connectivity index (χ0v) is 25.3. The molecule has 0 amide bonds. The van der Waals surface area contributed by atoms with Crippen LogP contribution >= 0.6 is 0 Å². The SMILES string of the molecule is CS(=O)(=O)N(CCc1ccccc1)C1CCN(C[C@H]2CN(C(C(=O)O)C3CCCCC3)C[C@@H]2c2ccccc2)CC1. The van der Waals surface area contributed by atoms with Crippen LogP contribution in [0.15, 0.2) is 60.7 Å². The summed E-state index contributed by atoms with van der Waals surface area (Å²) in [6.45, 7) is 4.76. The normalized spacial score (nSPS) is 24.5. The maximum absolute atomic E-state index is 12.8. The van der Waals surface area contributed by atoms with E-state index in [1.54, 1.807) is 4.31 Å². The Balaban J connectivity index is 1.24. The van der Waals surface area contributed by atoms with E-state index >= 15 is 0 Å². The maximum Gasteiger partial charge on any atom is 0.321 e. The number of sulfonamides is 1. The highest BCUT2D eigenvalue weighted by Gasteiger charge is 2.43. The van der Waals surface area contributed by atoms with Crippen molar-refractivity contribution in [1.29, 1.82) is 0 Å². The minimum atomic E-state index is -3.30. The van der Waals surface area contributed by atoms with Gasteiger partial charge < -0.3 is 10.0 Å². The topological polar surface area (TPSA) is 81.2 Å². The number of likely N-dealkylation sites (tertiary alicyclic amines) is 2. The van der Waals surface area contributed by atoms with Crippen molar-refractivity contribution >= 4 is 16.0 Å². The van der Waals surface area contributed by atoms with Crippen LogP contribution in [0.1, 0.15) is 62.0 Å². The summed E-state index contributed by atoms with van der Waals surface area (Å²) in [4.78, 5) is 17.3. The molecule has 3 fully saturated rings.